The molecule has 25 heavy (non-hydrogen) atoms. The van der Waals surface area contributed by atoms with Crippen LogP contribution in [0.25, 0.3) is 0 Å². The molecule has 132 valence electrons. The molecule has 0 radical (unpaired) electrons. The molecular formula is C21H25NO2S. The Hall–Kier alpha value is -1.78. The Kier molecular flexibility index (Phi) is 5.21. The Morgan fingerprint density at radius 3 is 2.12 bits per heavy atom. The van der Waals surface area contributed by atoms with Gasteiger partial charge in [-0.2, -0.15) is 0 Å². The van der Waals surface area contributed by atoms with E-state index in [4.69, 9.17) is 0 Å². The fourth-order valence-electron chi connectivity index (χ4n) is 3.44. The van der Waals surface area contributed by atoms with E-state index in [9.17, 15) is 9.00 Å². The zero-order chi connectivity index (χ0) is 18.0. The Balaban J connectivity index is 1.98. The molecule has 4 heteroatoms. The lowest BCUT2D eigenvalue weighted by molar-refractivity contribution is 0.0900. The SMILES string of the molecule is CC(C)(C)[S@@](=O)N1CC[C@H](C(=O)c2ccccc2)[C@H]1c1ccccc1. The highest BCUT2D eigenvalue weighted by Crippen LogP contribution is 2.41. The van der Waals surface area contributed by atoms with Crippen LogP contribution in [0.5, 0.6) is 0 Å². The number of nitrogens with zero attached hydrogens (tertiary/aromatic N) is 1. The van der Waals surface area contributed by atoms with Crippen LogP contribution >= 0.6 is 0 Å². The lowest BCUT2D eigenvalue weighted by Gasteiger charge is -2.32. The summed E-state index contributed by atoms with van der Waals surface area (Å²) in [6, 6.07) is 19.3. The van der Waals surface area contributed by atoms with Gasteiger partial charge in [-0.05, 0) is 32.8 Å². The van der Waals surface area contributed by atoms with Crippen LogP contribution in [-0.4, -0.2) is 25.6 Å². The second kappa shape index (κ2) is 7.22. The minimum absolute atomic E-state index is 0.142. The molecule has 1 aliphatic heterocycles. The first kappa shape index (κ1) is 18.0. The van der Waals surface area contributed by atoms with Gasteiger partial charge in [0.2, 0.25) is 0 Å². The quantitative estimate of drug-likeness (QED) is 0.763. The first-order valence-electron chi connectivity index (χ1n) is 8.72. The highest BCUT2D eigenvalue weighted by atomic mass is 32.2. The average molecular weight is 356 g/mol. The van der Waals surface area contributed by atoms with Crippen molar-refractivity contribution < 1.29 is 9.00 Å². The maximum atomic E-state index is 13.1. The van der Waals surface area contributed by atoms with Gasteiger partial charge in [-0.1, -0.05) is 60.7 Å². The summed E-state index contributed by atoms with van der Waals surface area (Å²) in [5, 5.41) is 0. The molecule has 1 aliphatic rings. The van der Waals surface area contributed by atoms with E-state index in [0.717, 1.165) is 17.5 Å². The summed E-state index contributed by atoms with van der Waals surface area (Å²) in [6.07, 6.45) is 0.731. The van der Waals surface area contributed by atoms with E-state index in [-0.39, 0.29) is 22.5 Å². The molecule has 1 fully saturated rings. The van der Waals surface area contributed by atoms with E-state index in [1.807, 2.05) is 85.7 Å². The second-order valence-corrected chi connectivity index (χ2v) is 9.68. The van der Waals surface area contributed by atoms with Crippen molar-refractivity contribution in [2.24, 2.45) is 5.92 Å². The van der Waals surface area contributed by atoms with Crippen LogP contribution in [0, 0.1) is 5.92 Å². The molecule has 3 atom stereocenters. The normalized spacial score (nSPS) is 22.7. The van der Waals surface area contributed by atoms with Crippen molar-refractivity contribution in [2.75, 3.05) is 6.54 Å². The zero-order valence-electron chi connectivity index (χ0n) is 15.0. The van der Waals surface area contributed by atoms with E-state index in [1.165, 1.54) is 0 Å². The first-order valence-corrected chi connectivity index (χ1v) is 9.83. The van der Waals surface area contributed by atoms with Gasteiger partial charge in [0.25, 0.3) is 0 Å². The molecular weight excluding hydrogens is 330 g/mol. The number of hydrogen-bond donors (Lipinski definition) is 0. The van der Waals surface area contributed by atoms with Crippen molar-refractivity contribution in [1.29, 1.82) is 0 Å². The lowest BCUT2D eigenvalue weighted by atomic mass is 9.87. The molecule has 0 N–H and O–H groups in total. The Morgan fingerprint density at radius 2 is 1.56 bits per heavy atom. The standard InChI is InChI=1S/C21H25NO2S/c1-21(2,3)25(24)22-15-14-18(19(22)16-10-6-4-7-11-16)20(23)17-12-8-5-9-13-17/h4-13,18-19H,14-15H2,1-3H3/t18-,19+,25+/m0/s1. The first-order chi connectivity index (χ1) is 11.9. The lowest BCUT2D eigenvalue weighted by Crippen LogP contribution is -2.38. The fraction of sp³-hybridized carbons (Fsp3) is 0.381. The smallest absolute Gasteiger partial charge is 0.167 e. The van der Waals surface area contributed by atoms with E-state index in [2.05, 4.69) is 0 Å². The largest absolute Gasteiger partial charge is 0.294 e. The molecule has 0 amide bonds. The molecule has 0 aromatic heterocycles. The molecule has 0 bridgehead atoms. The molecule has 1 heterocycles. The van der Waals surface area contributed by atoms with Crippen LogP contribution in [0.15, 0.2) is 60.7 Å². The Bertz CT molecular complexity index is 752. The average Bonchev–Trinajstić information content (AvgIpc) is 3.05. The number of benzene rings is 2. The molecule has 3 nitrogen and oxygen atoms in total. The molecule has 0 aliphatic carbocycles. The maximum absolute atomic E-state index is 13.1. The van der Waals surface area contributed by atoms with Crippen molar-refractivity contribution in [3.05, 3.63) is 71.8 Å². The summed E-state index contributed by atoms with van der Waals surface area (Å²) in [5.74, 6) is -0.0287. The summed E-state index contributed by atoms with van der Waals surface area (Å²) in [5.41, 5.74) is 1.80. The number of hydrogen-bond acceptors (Lipinski definition) is 2. The highest BCUT2D eigenvalue weighted by molar-refractivity contribution is 7.84. The van der Waals surface area contributed by atoms with Gasteiger partial charge in [-0.15, -0.1) is 0 Å². The summed E-state index contributed by atoms with van der Waals surface area (Å²) in [7, 11) is -1.16. The van der Waals surface area contributed by atoms with Gasteiger partial charge in [0.05, 0.1) is 10.8 Å². The summed E-state index contributed by atoms with van der Waals surface area (Å²) >= 11 is 0. The summed E-state index contributed by atoms with van der Waals surface area (Å²) < 4.78 is 14.7. The van der Waals surface area contributed by atoms with Crippen molar-refractivity contribution in [1.82, 2.24) is 4.31 Å². The number of rotatable bonds is 4. The Labute approximate surface area is 152 Å². The van der Waals surface area contributed by atoms with Crippen molar-refractivity contribution in [3.63, 3.8) is 0 Å². The van der Waals surface area contributed by atoms with E-state index < -0.39 is 11.0 Å². The van der Waals surface area contributed by atoms with Crippen molar-refractivity contribution in [3.8, 4) is 0 Å². The number of Topliss-reactive ketones (excluding diaryl/α,β-unsaturated/α-hetero) is 1. The number of carbonyl (C=O) groups excluding carboxylic acids is 1. The van der Waals surface area contributed by atoms with Gasteiger partial charge in [0.15, 0.2) is 5.78 Å². The monoisotopic (exact) mass is 355 g/mol. The van der Waals surface area contributed by atoms with Crippen LogP contribution < -0.4 is 0 Å². The van der Waals surface area contributed by atoms with Crippen molar-refractivity contribution in [2.45, 2.75) is 38.0 Å². The molecule has 0 saturated carbocycles. The second-order valence-electron chi connectivity index (χ2n) is 7.48. The van der Waals surface area contributed by atoms with E-state index in [0.29, 0.717) is 6.54 Å². The molecule has 2 aromatic rings. The predicted molar refractivity (Wildman–Crippen MR) is 103 cm³/mol. The summed E-state index contributed by atoms with van der Waals surface area (Å²) in [4.78, 5) is 13.1. The van der Waals surface area contributed by atoms with Crippen LogP contribution in [0.4, 0.5) is 0 Å². The van der Waals surface area contributed by atoms with Gasteiger partial charge in [-0.3, -0.25) is 4.79 Å². The molecule has 3 rings (SSSR count). The van der Waals surface area contributed by atoms with Gasteiger partial charge in [0, 0.05) is 18.0 Å². The number of carbonyl (C=O) groups is 1. The molecule has 0 unspecified atom stereocenters. The van der Waals surface area contributed by atoms with E-state index in [1.54, 1.807) is 0 Å². The molecule has 0 spiro atoms. The van der Waals surface area contributed by atoms with Crippen molar-refractivity contribution >= 4 is 16.8 Å². The summed E-state index contributed by atoms with van der Waals surface area (Å²) in [6.45, 7) is 6.62. The maximum Gasteiger partial charge on any atom is 0.167 e. The van der Waals surface area contributed by atoms with Crippen LogP contribution in [0.1, 0.15) is 49.2 Å². The molecule has 2 aromatic carbocycles. The highest BCUT2D eigenvalue weighted by Gasteiger charge is 2.44. The zero-order valence-corrected chi connectivity index (χ0v) is 15.8. The minimum Gasteiger partial charge on any atom is -0.294 e. The predicted octanol–water partition coefficient (Wildman–Crippen LogP) is 4.39. The van der Waals surface area contributed by atoms with Gasteiger partial charge in [0.1, 0.15) is 11.0 Å². The topological polar surface area (TPSA) is 37.4 Å². The van der Waals surface area contributed by atoms with E-state index >= 15 is 0 Å². The van der Waals surface area contributed by atoms with Gasteiger partial charge >= 0.3 is 0 Å². The Morgan fingerprint density at radius 1 is 1.00 bits per heavy atom. The van der Waals surface area contributed by atoms with Gasteiger partial charge < -0.3 is 0 Å². The minimum atomic E-state index is -1.16. The van der Waals surface area contributed by atoms with Crippen LogP contribution in [-0.2, 0) is 11.0 Å². The third kappa shape index (κ3) is 3.75. The molecule has 1 saturated heterocycles. The fourth-order valence-corrected chi connectivity index (χ4v) is 4.89. The van der Waals surface area contributed by atoms with Gasteiger partial charge in [-0.25, -0.2) is 8.51 Å². The third-order valence-corrected chi connectivity index (χ3v) is 6.51. The number of ketones is 1. The third-order valence-electron chi connectivity index (χ3n) is 4.62. The van der Waals surface area contributed by atoms with Crippen LogP contribution in [0.2, 0.25) is 0 Å². The van der Waals surface area contributed by atoms with Crippen LogP contribution in [0.3, 0.4) is 0 Å².